The van der Waals surface area contributed by atoms with Crippen LogP contribution in [0.4, 0.5) is 51.2 Å². The maximum absolute atomic E-state index is 6.33. The average Bonchev–Trinajstić information content (AvgIpc) is 1.66. The van der Waals surface area contributed by atoms with Gasteiger partial charge in [0.2, 0.25) is 0 Å². The molecule has 0 fully saturated rings. The first-order valence-electron chi connectivity index (χ1n) is 42.9. The zero-order valence-electron chi connectivity index (χ0n) is 68.4. The van der Waals surface area contributed by atoms with Crippen LogP contribution in [0.15, 0.2) is 469 Å². The molecule has 0 saturated carbocycles. The zero-order valence-corrected chi connectivity index (χ0v) is 68.4. The van der Waals surface area contributed by atoms with Gasteiger partial charge in [-0.1, -0.05) is 267 Å². The summed E-state index contributed by atoms with van der Waals surface area (Å²) >= 11 is 0. The van der Waals surface area contributed by atoms with Crippen LogP contribution in [0.25, 0.3) is 197 Å². The lowest BCUT2D eigenvalue weighted by molar-refractivity contribution is 0.668. The standard InChI is InChI=1S/C42H27NO2.2C38H23NO2/c1-2-8-28(9-3-1)29-14-16-30(17-15-29)31-18-20-32(21-19-31)43(33-22-24-37-35-10-4-6-12-39(35)44-41(37)26-33)34-23-25-38-36-11-5-7-13-40(36)45-42(38)27-34;1-2-9-27-24(8-1)16-19-29-28(27)12-7-13-34(29)39(25-17-20-32-30-10-3-5-14-35(30)40-37(32)22-25)26-18-21-33-31-11-4-6-15-36(31)41-38(33)23-26;1-2-8-29-24(7-1)13-14-25-21-26(15-18-30(25)29)39(27-16-19-33-31-9-3-5-11-35(31)40-37(33)22-27)28-17-20-34-32-10-4-6-12-36(32)41-38(34)23-28/h1-27H;2*1-23H. The summed E-state index contributed by atoms with van der Waals surface area (Å²) in [5, 5.41) is 23.2. The molecule has 0 atom stereocenters. The number of hydrogen-bond acceptors (Lipinski definition) is 9. The first-order chi connectivity index (χ1) is 62.9. The van der Waals surface area contributed by atoms with Gasteiger partial charge in [0.05, 0.1) is 5.69 Å². The molecule has 21 aromatic carbocycles. The lowest BCUT2D eigenvalue weighted by atomic mass is 9.99. The normalized spacial score (nSPS) is 11.8. The van der Waals surface area contributed by atoms with Crippen molar-refractivity contribution in [2.45, 2.75) is 0 Å². The smallest absolute Gasteiger partial charge is 0.137 e. The molecule has 27 rings (SSSR count). The van der Waals surface area contributed by atoms with Gasteiger partial charge in [0.1, 0.15) is 67.0 Å². The van der Waals surface area contributed by atoms with E-state index in [9.17, 15) is 0 Å². The minimum Gasteiger partial charge on any atom is -0.456 e. The van der Waals surface area contributed by atoms with Crippen LogP contribution in [0.5, 0.6) is 0 Å². The monoisotopic (exact) mass is 1630 g/mol. The fourth-order valence-corrected chi connectivity index (χ4v) is 19.1. The van der Waals surface area contributed by atoms with E-state index in [1.165, 1.54) is 65.3 Å². The number of benzene rings is 21. The van der Waals surface area contributed by atoms with Crippen molar-refractivity contribution in [3.8, 4) is 22.3 Å². The maximum atomic E-state index is 6.33. The Labute approximate surface area is 727 Å². The Bertz CT molecular complexity index is 8680. The van der Waals surface area contributed by atoms with Crippen LogP contribution >= 0.6 is 0 Å². The second kappa shape index (κ2) is 29.9. The van der Waals surface area contributed by atoms with Gasteiger partial charge in [-0.3, -0.25) is 0 Å². The molecule has 6 heterocycles. The number of nitrogens with zero attached hydrogens (tertiary/aromatic N) is 3. The first-order valence-corrected chi connectivity index (χ1v) is 42.9. The van der Waals surface area contributed by atoms with Crippen molar-refractivity contribution in [2.75, 3.05) is 14.7 Å². The number of rotatable bonds is 11. The number of para-hydroxylation sites is 6. The van der Waals surface area contributed by atoms with Gasteiger partial charge < -0.3 is 41.2 Å². The summed E-state index contributed by atoms with van der Waals surface area (Å²) in [4.78, 5) is 6.87. The van der Waals surface area contributed by atoms with Crippen molar-refractivity contribution >= 4 is 226 Å². The van der Waals surface area contributed by atoms with Gasteiger partial charge in [-0.15, -0.1) is 0 Å². The summed E-state index contributed by atoms with van der Waals surface area (Å²) in [6.07, 6.45) is 0. The van der Waals surface area contributed by atoms with Gasteiger partial charge in [-0.05, 0) is 199 Å². The Kier molecular flexibility index (Phi) is 17.1. The van der Waals surface area contributed by atoms with E-state index in [-0.39, 0.29) is 0 Å². The van der Waals surface area contributed by atoms with Crippen LogP contribution in [0.3, 0.4) is 0 Å². The average molecular weight is 1630 g/mol. The Morgan fingerprint density at radius 2 is 0.346 bits per heavy atom. The third-order valence-electron chi connectivity index (χ3n) is 25.2. The largest absolute Gasteiger partial charge is 0.456 e. The number of hydrogen-bond donors (Lipinski definition) is 0. The van der Waals surface area contributed by atoms with Gasteiger partial charge in [0.15, 0.2) is 0 Å². The highest BCUT2D eigenvalue weighted by Gasteiger charge is 2.25. The van der Waals surface area contributed by atoms with Crippen LogP contribution < -0.4 is 14.7 Å². The van der Waals surface area contributed by atoms with Crippen molar-refractivity contribution < 1.29 is 26.5 Å². The van der Waals surface area contributed by atoms with Gasteiger partial charge in [-0.25, -0.2) is 0 Å². The van der Waals surface area contributed by atoms with Crippen LogP contribution in [0, 0.1) is 0 Å². The molecule has 6 aromatic heterocycles. The zero-order chi connectivity index (χ0) is 83.6. The fraction of sp³-hybridized carbons (Fsp3) is 0. The molecule has 0 N–H and O–H groups in total. The van der Waals surface area contributed by atoms with Crippen molar-refractivity contribution in [1.29, 1.82) is 0 Å². The molecule has 0 amide bonds. The van der Waals surface area contributed by atoms with Crippen LogP contribution in [-0.4, -0.2) is 0 Å². The van der Waals surface area contributed by atoms with E-state index in [1.54, 1.807) is 0 Å². The van der Waals surface area contributed by atoms with Crippen molar-refractivity contribution in [1.82, 2.24) is 0 Å². The van der Waals surface area contributed by atoms with E-state index in [1.807, 2.05) is 78.9 Å². The highest BCUT2D eigenvalue weighted by atomic mass is 16.3. The van der Waals surface area contributed by atoms with E-state index in [2.05, 4.69) is 379 Å². The van der Waals surface area contributed by atoms with Crippen molar-refractivity contribution in [3.05, 3.63) is 443 Å². The highest BCUT2D eigenvalue weighted by molar-refractivity contribution is 6.17. The summed E-state index contributed by atoms with van der Waals surface area (Å²) in [5.41, 5.74) is 24.6. The fourth-order valence-electron chi connectivity index (χ4n) is 19.1. The highest BCUT2D eigenvalue weighted by Crippen LogP contribution is 2.49. The Hall–Kier alpha value is -17.1. The van der Waals surface area contributed by atoms with Crippen LogP contribution in [-0.2, 0) is 0 Å². The number of fused-ring (bicyclic) bond motifs is 24. The third kappa shape index (κ3) is 12.6. The molecule has 0 bridgehead atoms. The predicted molar refractivity (Wildman–Crippen MR) is 528 cm³/mol. The second-order valence-electron chi connectivity index (χ2n) is 32.5. The SMILES string of the molecule is c1ccc(-c2ccc(-c3ccc(N(c4ccc5c(c4)oc4ccccc45)c4ccc5c(c4)oc4ccccc45)cc3)cc2)cc1.c1ccc2c(c1)ccc1c(N(c3ccc4c(c3)oc3ccccc34)c3ccc4c(c3)oc3ccccc34)cccc12.c1ccc2c(c1)ccc1cc(N(c3ccc4c(c3)oc3ccccc34)c3ccc4c(c3)oc3ccccc34)ccc12. The molecule has 9 nitrogen and oxygen atoms in total. The quantitative estimate of drug-likeness (QED) is 0.118. The first kappa shape index (κ1) is 72.7. The van der Waals surface area contributed by atoms with Gasteiger partial charge in [-0.2, -0.15) is 0 Å². The summed E-state index contributed by atoms with van der Waals surface area (Å²) in [6.45, 7) is 0. The third-order valence-corrected chi connectivity index (χ3v) is 25.2. The second-order valence-corrected chi connectivity index (χ2v) is 32.5. The molecule has 0 saturated heterocycles. The van der Waals surface area contributed by atoms with E-state index in [4.69, 9.17) is 26.5 Å². The van der Waals surface area contributed by atoms with Crippen LogP contribution in [0.2, 0.25) is 0 Å². The molecule has 27 aromatic rings. The Morgan fingerprint density at radius 3 is 0.717 bits per heavy atom. The topological polar surface area (TPSA) is 88.6 Å². The number of furan rings is 6. The van der Waals surface area contributed by atoms with Crippen molar-refractivity contribution in [3.63, 3.8) is 0 Å². The minimum atomic E-state index is 0.860. The Balaban J connectivity index is 0.000000104. The van der Waals surface area contributed by atoms with E-state index in [0.717, 1.165) is 183 Å². The molecular weight excluding hydrogens is 1560 g/mol. The molecule has 0 radical (unpaired) electrons. The van der Waals surface area contributed by atoms with Gasteiger partial charge >= 0.3 is 0 Å². The molecule has 596 valence electrons. The molecule has 127 heavy (non-hydrogen) atoms. The minimum absolute atomic E-state index is 0.860. The number of anilines is 9. The summed E-state index contributed by atoms with van der Waals surface area (Å²) in [5.74, 6) is 0. The summed E-state index contributed by atoms with van der Waals surface area (Å²) in [6, 6.07) is 155. The molecular formula is C118H73N3O6. The van der Waals surface area contributed by atoms with Crippen molar-refractivity contribution in [2.24, 2.45) is 0 Å². The summed E-state index contributed by atoms with van der Waals surface area (Å²) < 4.78 is 37.8. The van der Waals surface area contributed by atoms with E-state index < -0.39 is 0 Å². The lowest BCUT2D eigenvalue weighted by Crippen LogP contribution is -2.10. The van der Waals surface area contributed by atoms with E-state index in [0.29, 0.717) is 0 Å². The van der Waals surface area contributed by atoms with Gasteiger partial charge in [0, 0.05) is 152 Å². The summed E-state index contributed by atoms with van der Waals surface area (Å²) in [7, 11) is 0. The molecule has 0 aliphatic rings. The van der Waals surface area contributed by atoms with Gasteiger partial charge in [0.25, 0.3) is 0 Å². The molecule has 9 heteroatoms. The molecule has 0 spiro atoms. The van der Waals surface area contributed by atoms with Crippen LogP contribution in [0.1, 0.15) is 0 Å². The molecule has 0 aliphatic heterocycles. The Morgan fingerprint density at radius 1 is 0.118 bits per heavy atom. The maximum Gasteiger partial charge on any atom is 0.137 e. The lowest BCUT2D eigenvalue weighted by Gasteiger charge is -2.27. The van der Waals surface area contributed by atoms with E-state index >= 15 is 0 Å². The molecule has 0 aliphatic carbocycles. The predicted octanol–water partition coefficient (Wildman–Crippen LogP) is 34.8. The molecule has 0 unspecified atom stereocenters.